The number of nitrogens with zero attached hydrogens (tertiary/aromatic N) is 4. The minimum Gasteiger partial charge on any atom is -0.295 e. The summed E-state index contributed by atoms with van der Waals surface area (Å²) in [5, 5.41) is 3.65. The van der Waals surface area contributed by atoms with Crippen LogP contribution in [0.25, 0.3) is 5.69 Å². The SMILES string of the molecule is CC(=O)N(c1nc(CSc2nccn2-c2ccc(C)c(C)c2)cs1)c1c(C)cc(C)cc1C. The van der Waals surface area contributed by atoms with Crippen molar-refractivity contribution in [2.24, 2.45) is 0 Å². The Hall–Kier alpha value is -2.90. The zero-order chi connectivity index (χ0) is 23.7. The quantitative estimate of drug-likeness (QED) is 0.286. The lowest BCUT2D eigenvalue weighted by Crippen LogP contribution is -2.24. The number of anilines is 2. The fourth-order valence-electron chi connectivity index (χ4n) is 3.99. The normalized spacial score (nSPS) is 11.1. The number of carbonyl (C=O) groups excluding carboxylic acids is 1. The molecule has 1 amide bonds. The second-order valence-electron chi connectivity index (χ2n) is 8.36. The van der Waals surface area contributed by atoms with Crippen molar-refractivity contribution in [1.29, 1.82) is 0 Å². The predicted octanol–water partition coefficient (Wildman–Crippen LogP) is 6.85. The average molecular weight is 477 g/mol. The van der Waals surface area contributed by atoms with Gasteiger partial charge < -0.3 is 0 Å². The molecule has 0 aliphatic heterocycles. The molecule has 2 aromatic heterocycles. The molecule has 4 rings (SSSR count). The van der Waals surface area contributed by atoms with Crippen molar-refractivity contribution >= 4 is 39.8 Å². The second-order valence-corrected chi connectivity index (χ2v) is 10.1. The molecule has 0 saturated heterocycles. The van der Waals surface area contributed by atoms with Crippen LogP contribution >= 0.6 is 23.1 Å². The van der Waals surface area contributed by atoms with Crippen molar-refractivity contribution < 1.29 is 4.79 Å². The second kappa shape index (κ2) is 9.53. The fourth-order valence-corrected chi connectivity index (χ4v) is 5.83. The zero-order valence-electron chi connectivity index (χ0n) is 19.8. The molecule has 0 aliphatic carbocycles. The molecule has 0 N–H and O–H groups in total. The number of rotatable bonds is 6. The molecule has 0 unspecified atom stereocenters. The Bertz CT molecular complexity index is 1300. The van der Waals surface area contributed by atoms with Gasteiger partial charge in [-0.15, -0.1) is 11.3 Å². The molecule has 2 heterocycles. The third-order valence-electron chi connectivity index (χ3n) is 5.63. The minimum absolute atomic E-state index is 0.0381. The van der Waals surface area contributed by atoms with Crippen molar-refractivity contribution in [3.8, 4) is 5.69 Å². The van der Waals surface area contributed by atoms with Gasteiger partial charge in [0, 0.05) is 36.1 Å². The monoisotopic (exact) mass is 476 g/mol. The van der Waals surface area contributed by atoms with Crippen LogP contribution in [0.2, 0.25) is 0 Å². The summed E-state index contributed by atoms with van der Waals surface area (Å²) in [7, 11) is 0. The molecule has 0 fully saturated rings. The number of benzene rings is 2. The van der Waals surface area contributed by atoms with Crippen molar-refractivity contribution in [3.63, 3.8) is 0 Å². The highest BCUT2D eigenvalue weighted by Gasteiger charge is 2.22. The number of thioether (sulfide) groups is 1. The van der Waals surface area contributed by atoms with E-state index in [0.717, 1.165) is 33.4 Å². The Morgan fingerprint density at radius 3 is 2.42 bits per heavy atom. The lowest BCUT2D eigenvalue weighted by molar-refractivity contribution is -0.115. The van der Waals surface area contributed by atoms with Gasteiger partial charge in [-0.1, -0.05) is 35.5 Å². The molecule has 0 aliphatic rings. The molecular formula is C26H28N4OS2. The number of aromatic nitrogens is 3. The van der Waals surface area contributed by atoms with E-state index in [1.165, 1.54) is 28.0 Å². The Kier molecular flexibility index (Phi) is 6.72. The highest BCUT2D eigenvalue weighted by Crippen LogP contribution is 2.35. The van der Waals surface area contributed by atoms with Gasteiger partial charge in [0.2, 0.25) is 5.91 Å². The van der Waals surface area contributed by atoms with Crippen molar-refractivity contribution in [2.45, 2.75) is 52.5 Å². The summed E-state index contributed by atoms with van der Waals surface area (Å²) in [5.74, 6) is 0.638. The summed E-state index contributed by atoms with van der Waals surface area (Å²) in [5.41, 5.74) is 8.83. The summed E-state index contributed by atoms with van der Waals surface area (Å²) >= 11 is 3.14. The van der Waals surface area contributed by atoms with E-state index in [1.54, 1.807) is 23.6 Å². The molecule has 0 saturated carbocycles. The predicted molar refractivity (Wildman–Crippen MR) is 138 cm³/mol. The van der Waals surface area contributed by atoms with E-state index in [9.17, 15) is 4.79 Å². The van der Waals surface area contributed by atoms with Gasteiger partial charge in [-0.3, -0.25) is 14.3 Å². The van der Waals surface area contributed by atoms with Gasteiger partial charge >= 0.3 is 0 Å². The molecule has 0 spiro atoms. The molecule has 4 aromatic rings. The summed E-state index contributed by atoms with van der Waals surface area (Å²) < 4.78 is 2.10. The van der Waals surface area contributed by atoms with Gasteiger partial charge in [0.15, 0.2) is 10.3 Å². The van der Waals surface area contributed by atoms with E-state index in [2.05, 4.69) is 60.7 Å². The maximum Gasteiger partial charge on any atom is 0.230 e. The van der Waals surface area contributed by atoms with Gasteiger partial charge in [0.1, 0.15) is 0 Å². The van der Waals surface area contributed by atoms with Gasteiger partial charge in [-0.25, -0.2) is 9.97 Å². The lowest BCUT2D eigenvalue weighted by Gasteiger charge is -2.23. The maximum atomic E-state index is 12.6. The molecule has 170 valence electrons. The van der Waals surface area contributed by atoms with Gasteiger partial charge in [-0.05, 0) is 69.0 Å². The summed E-state index contributed by atoms with van der Waals surface area (Å²) in [4.78, 5) is 23.7. The zero-order valence-corrected chi connectivity index (χ0v) is 21.5. The average Bonchev–Trinajstić information content (AvgIpc) is 3.40. The molecular weight excluding hydrogens is 448 g/mol. The Balaban J connectivity index is 1.56. The number of carbonyl (C=O) groups is 1. The number of amides is 1. The van der Waals surface area contributed by atoms with E-state index in [1.807, 2.05) is 31.6 Å². The third kappa shape index (κ3) is 4.89. The van der Waals surface area contributed by atoms with Gasteiger partial charge in [-0.2, -0.15) is 0 Å². The number of thiazole rings is 1. The highest BCUT2D eigenvalue weighted by atomic mass is 32.2. The van der Waals surface area contributed by atoms with Crippen LogP contribution in [-0.2, 0) is 10.5 Å². The Morgan fingerprint density at radius 2 is 1.76 bits per heavy atom. The molecule has 2 aromatic carbocycles. The van der Waals surface area contributed by atoms with E-state index >= 15 is 0 Å². The summed E-state index contributed by atoms with van der Waals surface area (Å²) in [6.07, 6.45) is 3.81. The van der Waals surface area contributed by atoms with Gasteiger partial charge in [0.25, 0.3) is 0 Å². The summed E-state index contributed by atoms with van der Waals surface area (Å²) in [6.45, 7) is 12.0. The van der Waals surface area contributed by atoms with E-state index in [4.69, 9.17) is 4.98 Å². The van der Waals surface area contributed by atoms with Crippen LogP contribution in [0.5, 0.6) is 0 Å². The van der Waals surface area contributed by atoms with Crippen LogP contribution in [0.15, 0.2) is 53.3 Å². The molecule has 33 heavy (non-hydrogen) atoms. The standard InChI is InChI=1S/C26H28N4OS2/c1-16-11-19(4)24(20(5)12-16)30(21(6)31)26-28-22(15-33-26)14-32-25-27-9-10-29(25)23-8-7-17(2)18(3)13-23/h7-13,15H,14H2,1-6H3. The lowest BCUT2D eigenvalue weighted by atomic mass is 10.0. The number of hydrogen-bond acceptors (Lipinski definition) is 5. The summed E-state index contributed by atoms with van der Waals surface area (Å²) in [6, 6.07) is 10.6. The molecule has 5 nitrogen and oxygen atoms in total. The third-order valence-corrected chi connectivity index (χ3v) is 7.50. The maximum absolute atomic E-state index is 12.6. The molecule has 0 radical (unpaired) electrons. The topological polar surface area (TPSA) is 51.0 Å². The minimum atomic E-state index is -0.0381. The van der Waals surface area contributed by atoms with Crippen LogP contribution in [0.3, 0.4) is 0 Å². The largest absolute Gasteiger partial charge is 0.295 e. The van der Waals surface area contributed by atoms with Gasteiger partial charge in [0.05, 0.1) is 11.4 Å². The molecule has 0 atom stereocenters. The first-order chi connectivity index (χ1) is 15.7. The van der Waals surface area contributed by atoms with E-state index < -0.39 is 0 Å². The first kappa shape index (κ1) is 23.3. The first-order valence-corrected chi connectivity index (χ1v) is 12.7. The van der Waals surface area contributed by atoms with Crippen LogP contribution in [-0.4, -0.2) is 20.4 Å². The van der Waals surface area contributed by atoms with Crippen molar-refractivity contribution in [2.75, 3.05) is 4.90 Å². The van der Waals surface area contributed by atoms with E-state index in [0.29, 0.717) is 10.9 Å². The molecule has 7 heteroatoms. The van der Waals surface area contributed by atoms with Crippen LogP contribution in [0.1, 0.15) is 40.4 Å². The van der Waals surface area contributed by atoms with Crippen LogP contribution < -0.4 is 4.90 Å². The Labute approximate surface area is 203 Å². The van der Waals surface area contributed by atoms with E-state index in [-0.39, 0.29) is 5.91 Å². The number of aryl methyl sites for hydroxylation is 5. The fraction of sp³-hybridized carbons (Fsp3) is 0.269. The van der Waals surface area contributed by atoms with Crippen LogP contribution in [0, 0.1) is 34.6 Å². The highest BCUT2D eigenvalue weighted by molar-refractivity contribution is 7.98. The molecule has 0 bridgehead atoms. The number of imidazole rings is 1. The smallest absolute Gasteiger partial charge is 0.230 e. The van der Waals surface area contributed by atoms with Crippen molar-refractivity contribution in [3.05, 3.63) is 81.6 Å². The number of hydrogen-bond donors (Lipinski definition) is 0. The first-order valence-electron chi connectivity index (χ1n) is 10.8. The van der Waals surface area contributed by atoms with Crippen molar-refractivity contribution in [1.82, 2.24) is 14.5 Å². The van der Waals surface area contributed by atoms with Crippen LogP contribution in [0.4, 0.5) is 10.8 Å². The Morgan fingerprint density at radius 1 is 1.03 bits per heavy atom.